The number of ketones is 1. The van der Waals surface area contributed by atoms with Gasteiger partial charge in [0.15, 0.2) is 5.78 Å². The molecule has 38 heavy (non-hydrogen) atoms. The van der Waals surface area contributed by atoms with Crippen molar-refractivity contribution in [3.05, 3.63) is 75.5 Å². The third-order valence-electron chi connectivity index (χ3n) is 6.46. The molecule has 0 spiro atoms. The van der Waals surface area contributed by atoms with Gasteiger partial charge in [0.1, 0.15) is 17.4 Å². The van der Waals surface area contributed by atoms with E-state index in [2.05, 4.69) is 5.32 Å². The molecule has 4 N–H and O–H groups in total. The van der Waals surface area contributed by atoms with Crippen LogP contribution in [0.4, 0.5) is 8.78 Å². The van der Waals surface area contributed by atoms with Crippen LogP contribution in [0.2, 0.25) is 5.02 Å². The van der Waals surface area contributed by atoms with Crippen molar-refractivity contribution in [2.45, 2.75) is 45.2 Å². The molecule has 0 aliphatic heterocycles. The summed E-state index contributed by atoms with van der Waals surface area (Å²) in [5.74, 6) is -4.83. The minimum Gasteiger partial charge on any atom is -0.507 e. The molecule has 11 heteroatoms. The molecule has 1 aliphatic carbocycles. The summed E-state index contributed by atoms with van der Waals surface area (Å²) in [6.45, 7) is 0.630. The van der Waals surface area contributed by atoms with Gasteiger partial charge in [-0.2, -0.15) is 0 Å². The first-order valence-electron chi connectivity index (χ1n) is 12.0. The average molecular weight is 548 g/mol. The number of nitrogens with zero attached hydrogens (tertiary/aromatic N) is 1. The highest BCUT2D eigenvalue weighted by Gasteiger charge is 2.28. The van der Waals surface area contributed by atoms with Crippen LogP contribution in [0.15, 0.2) is 47.7 Å². The summed E-state index contributed by atoms with van der Waals surface area (Å²) < 4.78 is 27.7. The fourth-order valence-electron chi connectivity index (χ4n) is 4.53. The summed E-state index contributed by atoms with van der Waals surface area (Å²) in [7, 11) is 0. The molecule has 0 unspecified atom stereocenters. The Morgan fingerprint density at radius 3 is 2.32 bits per heavy atom. The molecule has 0 radical (unpaired) electrons. The molecule has 2 aromatic carbocycles. The molecule has 1 saturated carbocycles. The zero-order valence-electron chi connectivity index (χ0n) is 20.6. The number of phenols is 1. The topological polar surface area (TPSA) is 131 Å². The average Bonchev–Trinajstić information content (AvgIpc) is 2.83. The lowest BCUT2D eigenvalue weighted by molar-refractivity contribution is -0.142. The summed E-state index contributed by atoms with van der Waals surface area (Å²) in [6, 6.07) is 6.74. The number of halogens is 3. The van der Waals surface area contributed by atoms with Crippen molar-refractivity contribution >= 4 is 35.5 Å². The second kappa shape index (κ2) is 12.6. The van der Waals surface area contributed by atoms with Crippen molar-refractivity contribution in [1.82, 2.24) is 10.2 Å². The van der Waals surface area contributed by atoms with Crippen LogP contribution in [0, 0.1) is 23.0 Å². The van der Waals surface area contributed by atoms with E-state index in [9.17, 15) is 33.4 Å². The number of rotatable bonds is 10. The third-order valence-corrected chi connectivity index (χ3v) is 6.78. The molecule has 2 aromatic rings. The highest BCUT2D eigenvalue weighted by Crippen LogP contribution is 2.27. The standard InChI is InChI=1S/C27H28ClF2N3O5/c1-15(32-20-7-5-17(6-8-20)27(37)38)21(12-31)26(36)33(13-16-9-18(29)11-19(30)10-16)14-24(35)25-22(28)3-2-4-23(25)34/h2-4,9-12,17,20,31-32,34H,5-8,13-14H2,1H3,(H,37,38)/b21-15+,31-12?/t17-,20-. The second-order valence-corrected chi connectivity index (χ2v) is 9.62. The zero-order chi connectivity index (χ0) is 28.0. The van der Waals surface area contributed by atoms with E-state index in [1.165, 1.54) is 18.2 Å². The molecule has 1 fully saturated rings. The van der Waals surface area contributed by atoms with Gasteiger partial charge >= 0.3 is 5.97 Å². The number of Topliss-reactive ketones (excluding diaryl/α,β-unsaturated/α-hetero) is 1. The van der Waals surface area contributed by atoms with Gasteiger partial charge in [-0.05, 0) is 62.4 Å². The third kappa shape index (κ3) is 7.16. The smallest absolute Gasteiger partial charge is 0.306 e. The molecule has 0 bridgehead atoms. The normalized spacial score (nSPS) is 17.8. The number of aliphatic carboxylic acids is 1. The fourth-order valence-corrected chi connectivity index (χ4v) is 4.81. The van der Waals surface area contributed by atoms with Gasteiger partial charge in [0, 0.05) is 30.6 Å². The number of hydrogen-bond acceptors (Lipinski definition) is 6. The van der Waals surface area contributed by atoms with Crippen LogP contribution < -0.4 is 5.32 Å². The van der Waals surface area contributed by atoms with Gasteiger partial charge < -0.3 is 25.8 Å². The number of carboxylic acids is 1. The van der Waals surface area contributed by atoms with Crippen molar-refractivity contribution in [3.8, 4) is 5.75 Å². The first-order chi connectivity index (χ1) is 18.0. The van der Waals surface area contributed by atoms with Gasteiger partial charge in [0.05, 0.1) is 28.6 Å². The minimum absolute atomic E-state index is 0.0307. The Bertz CT molecular complexity index is 1230. The molecule has 8 nitrogen and oxygen atoms in total. The van der Waals surface area contributed by atoms with Gasteiger partial charge in [0.2, 0.25) is 0 Å². The van der Waals surface area contributed by atoms with Gasteiger partial charge in [-0.15, -0.1) is 0 Å². The maximum atomic E-state index is 13.9. The number of hydrogen-bond donors (Lipinski definition) is 4. The van der Waals surface area contributed by atoms with Crippen LogP contribution >= 0.6 is 11.6 Å². The fraction of sp³-hybridized carbons (Fsp3) is 0.333. The first kappa shape index (κ1) is 28.8. The van der Waals surface area contributed by atoms with Crippen molar-refractivity contribution in [2.75, 3.05) is 6.54 Å². The van der Waals surface area contributed by atoms with Gasteiger partial charge in [-0.1, -0.05) is 17.7 Å². The van der Waals surface area contributed by atoms with E-state index in [-0.39, 0.29) is 40.1 Å². The predicted molar refractivity (Wildman–Crippen MR) is 137 cm³/mol. The van der Waals surface area contributed by atoms with E-state index in [4.69, 9.17) is 17.0 Å². The summed E-state index contributed by atoms with van der Waals surface area (Å²) in [4.78, 5) is 38.9. The molecule has 0 aromatic heterocycles. The molecule has 1 amide bonds. The van der Waals surface area contributed by atoms with E-state index < -0.39 is 41.8 Å². The monoisotopic (exact) mass is 547 g/mol. The molecule has 0 saturated heterocycles. The molecule has 0 heterocycles. The Morgan fingerprint density at radius 2 is 1.76 bits per heavy atom. The Morgan fingerprint density at radius 1 is 1.13 bits per heavy atom. The summed E-state index contributed by atoms with van der Waals surface area (Å²) in [6.07, 6.45) is 2.89. The van der Waals surface area contributed by atoms with Crippen LogP contribution in [0.25, 0.3) is 0 Å². The Balaban J connectivity index is 1.89. The Hall–Kier alpha value is -3.79. The molecule has 202 valence electrons. The summed E-state index contributed by atoms with van der Waals surface area (Å²) in [5, 5.41) is 30.4. The quantitative estimate of drug-likeness (QED) is 0.194. The number of amides is 1. The zero-order valence-corrected chi connectivity index (χ0v) is 21.4. The minimum atomic E-state index is -0.861. The lowest BCUT2D eigenvalue weighted by Gasteiger charge is -2.29. The number of carbonyl (C=O) groups is 3. The number of carboxylic acid groups (broad SMARTS) is 1. The molecule has 3 rings (SSSR count). The van der Waals surface area contributed by atoms with Crippen LogP contribution in [-0.2, 0) is 16.1 Å². The number of benzene rings is 2. The maximum absolute atomic E-state index is 13.9. The molecule has 0 atom stereocenters. The number of aromatic hydroxyl groups is 1. The van der Waals surface area contributed by atoms with Crippen LogP contribution in [0.5, 0.6) is 5.75 Å². The largest absolute Gasteiger partial charge is 0.507 e. The number of allylic oxidation sites excluding steroid dienone is 1. The molecular weight excluding hydrogens is 520 g/mol. The molecule has 1 aliphatic rings. The number of carbonyl (C=O) groups excluding carboxylic acids is 2. The van der Waals surface area contributed by atoms with Crippen LogP contribution in [0.3, 0.4) is 0 Å². The Kier molecular flexibility index (Phi) is 9.57. The van der Waals surface area contributed by atoms with E-state index in [1.54, 1.807) is 6.92 Å². The number of phenolic OH excluding ortho intramolecular Hbond substituents is 1. The van der Waals surface area contributed by atoms with E-state index in [1.807, 2.05) is 0 Å². The first-order valence-corrected chi connectivity index (χ1v) is 12.3. The van der Waals surface area contributed by atoms with E-state index >= 15 is 0 Å². The van der Waals surface area contributed by atoms with E-state index in [0.29, 0.717) is 37.4 Å². The van der Waals surface area contributed by atoms with Crippen LogP contribution in [0.1, 0.15) is 48.5 Å². The lowest BCUT2D eigenvalue weighted by Crippen LogP contribution is -2.39. The maximum Gasteiger partial charge on any atom is 0.306 e. The van der Waals surface area contributed by atoms with Crippen molar-refractivity contribution in [3.63, 3.8) is 0 Å². The van der Waals surface area contributed by atoms with E-state index in [0.717, 1.165) is 23.2 Å². The summed E-state index contributed by atoms with van der Waals surface area (Å²) in [5.41, 5.74) is 0.127. The van der Waals surface area contributed by atoms with Crippen LogP contribution in [-0.4, -0.2) is 51.6 Å². The predicted octanol–water partition coefficient (Wildman–Crippen LogP) is 4.69. The second-order valence-electron chi connectivity index (χ2n) is 9.21. The van der Waals surface area contributed by atoms with Crippen molar-refractivity contribution in [2.24, 2.45) is 5.92 Å². The van der Waals surface area contributed by atoms with Crippen molar-refractivity contribution < 1.29 is 33.4 Å². The number of nitrogens with one attached hydrogen (secondary N) is 2. The highest BCUT2D eigenvalue weighted by atomic mass is 35.5. The van der Waals surface area contributed by atoms with Crippen molar-refractivity contribution in [1.29, 1.82) is 5.41 Å². The summed E-state index contributed by atoms with van der Waals surface area (Å²) >= 11 is 6.09. The van der Waals surface area contributed by atoms with Gasteiger partial charge in [0.25, 0.3) is 5.91 Å². The lowest BCUT2D eigenvalue weighted by atomic mass is 9.86. The Labute approximate surface area is 223 Å². The highest BCUT2D eigenvalue weighted by molar-refractivity contribution is 6.34. The molecular formula is C27H28ClF2N3O5. The van der Waals surface area contributed by atoms with Gasteiger partial charge in [-0.25, -0.2) is 8.78 Å². The van der Waals surface area contributed by atoms with Gasteiger partial charge in [-0.3, -0.25) is 14.4 Å². The SMILES string of the molecule is C/C(N[C@H]1CC[C@H](C(=O)O)CC1)=C(/C=N)C(=O)N(CC(=O)c1c(O)cccc1Cl)Cc1cc(F)cc(F)c1.